The smallest absolute Gasteiger partial charge is 0.123 e. The molecule has 112 valence electrons. The fraction of sp³-hybridized carbons (Fsp3) is 0.625. The minimum atomic E-state index is -0.266. The van der Waals surface area contributed by atoms with Gasteiger partial charge >= 0.3 is 0 Å². The molecule has 1 aromatic rings. The summed E-state index contributed by atoms with van der Waals surface area (Å²) >= 11 is 0. The zero-order valence-corrected chi connectivity index (χ0v) is 12.1. The van der Waals surface area contributed by atoms with E-state index in [0.717, 1.165) is 37.7 Å². The second kappa shape index (κ2) is 7.50. The number of aliphatic hydroxyl groups excluding tert-OH is 1. The standard InChI is InChI=1S/C16H25NO3/c1-2-9-20-13-8-7-12(16(19)10-13)11-17-14-5-3-4-6-15(14)18/h7-8,10,14-15,17-19H,2-6,9,11H2,1H3. The number of aliphatic hydroxyl groups is 1. The Hall–Kier alpha value is -1.26. The third-order valence-electron chi connectivity index (χ3n) is 3.81. The van der Waals surface area contributed by atoms with Crippen molar-refractivity contribution >= 4 is 0 Å². The Bertz CT molecular complexity index is 422. The first-order valence-electron chi connectivity index (χ1n) is 7.57. The van der Waals surface area contributed by atoms with Crippen LogP contribution >= 0.6 is 0 Å². The molecule has 0 heterocycles. The fourth-order valence-corrected chi connectivity index (χ4v) is 2.59. The van der Waals surface area contributed by atoms with E-state index >= 15 is 0 Å². The first-order chi connectivity index (χ1) is 9.70. The molecule has 0 amide bonds. The van der Waals surface area contributed by atoms with E-state index < -0.39 is 0 Å². The number of nitrogens with one attached hydrogen (secondary N) is 1. The normalized spacial score (nSPS) is 22.7. The number of phenols is 1. The van der Waals surface area contributed by atoms with Crippen LogP contribution in [0.25, 0.3) is 0 Å². The fourth-order valence-electron chi connectivity index (χ4n) is 2.59. The third kappa shape index (κ3) is 4.12. The molecule has 1 saturated carbocycles. The molecule has 0 aromatic heterocycles. The molecule has 2 unspecified atom stereocenters. The van der Waals surface area contributed by atoms with Crippen molar-refractivity contribution in [2.75, 3.05) is 6.61 Å². The molecule has 1 aliphatic carbocycles. The molecule has 0 saturated heterocycles. The van der Waals surface area contributed by atoms with Gasteiger partial charge in [0.15, 0.2) is 0 Å². The Labute approximate surface area is 120 Å². The molecule has 0 radical (unpaired) electrons. The summed E-state index contributed by atoms with van der Waals surface area (Å²) in [6.45, 7) is 3.28. The molecule has 2 atom stereocenters. The molecule has 4 nitrogen and oxygen atoms in total. The Morgan fingerprint density at radius 3 is 2.80 bits per heavy atom. The van der Waals surface area contributed by atoms with Crippen molar-refractivity contribution < 1.29 is 14.9 Å². The Morgan fingerprint density at radius 1 is 1.30 bits per heavy atom. The summed E-state index contributed by atoms with van der Waals surface area (Å²) in [4.78, 5) is 0. The number of hydrogen-bond donors (Lipinski definition) is 3. The van der Waals surface area contributed by atoms with E-state index in [4.69, 9.17) is 4.74 Å². The number of aromatic hydroxyl groups is 1. The summed E-state index contributed by atoms with van der Waals surface area (Å²) < 4.78 is 5.48. The number of phenolic OH excluding ortho intramolecular Hbond substituents is 1. The molecule has 0 spiro atoms. The van der Waals surface area contributed by atoms with Crippen molar-refractivity contribution in [3.05, 3.63) is 23.8 Å². The van der Waals surface area contributed by atoms with Crippen molar-refractivity contribution in [2.45, 2.75) is 57.7 Å². The first kappa shape index (κ1) is 15.1. The molecule has 0 aliphatic heterocycles. The first-order valence-corrected chi connectivity index (χ1v) is 7.57. The van der Waals surface area contributed by atoms with Gasteiger partial charge in [0, 0.05) is 24.2 Å². The molecular weight excluding hydrogens is 254 g/mol. The molecule has 1 aromatic carbocycles. The molecule has 0 bridgehead atoms. The largest absolute Gasteiger partial charge is 0.507 e. The lowest BCUT2D eigenvalue weighted by Gasteiger charge is -2.28. The topological polar surface area (TPSA) is 61.7 Å². The predicted octanol–water partition coefficient (Wildman–Crippen LogP) is 2.57. The minimum absolute atomic E-state index is 0.138. The van der Waals surface area contributed by atoms with Crippen LogP contribution in [0.1, 0.15) is 44.6 Å². The monoisotopic (exact) mass is 279 g/mol. The molecule has 2 rings (SSSR count). The van der Waals surface area contributed by atoms with Crippen LogP contribution in [0, 0.1) is 0 Å². The molecule has 1 aliphatic rings. The average Bonchev–Trinajstić information content (AvgIpc) is 2.45. The maximum absolute atomic E-state index is 10.0. The highest BCUT2D eigenvalue weighted by molar-refractivity contribution is 5.39. The van der Waals surface area contributed by atoms with Gasteiger partial charge in [0.05, 0.1) is 12.7 Å². The van der Waals surface area contributed by atoms with E-state index in [9.17, 15) is 10.2 Å². The zero-order chi connectivity index (χ0) is 14.4. The highest BCUT2D eigenvalue weighted by Gasteiger charge is 2.22. The highest BCUT2D eigenvalue weighted by atomic mass is 16.5. The van der Waals surface area contributed by atoms with Crippen LogP contribution in [0.15, 0.2) is 18.2 Å². The summed E-state index contributed by atoms with van der Waals surface area (Å²) in [5.74, 6) is 0.946. The van der Waals surface area contributed by atoms with Crippen LogP contribution in [-0.4, -0.2) is 29.0 Å². The van der Waals surface area contributed by atoms with E-state index in [0.29, 0.717) is 18.9 Å². The lowest BCUT2D eigenvalue weighted by atomic mass is 9.92. The second-order valence-corrected chi connectivity index (χ2v) is 5.48. The lowest BCUT2D eigenvalue weighted by Crippen LogP contribution is -2.41. The average molecular weight is 279 g/mol. The molecule has 20 heavy (non-hydrogen) atoms. The minimum Gasteiger partial charge on any atom is -0.507 e. The maximum atomic E-state index is 10.0. The summed E-state index contributed by atoms with van der Waals surface area (Å²) in [5, 5.41) is 23.3. The van der Waals surface area contributed by atoms with Crippen molar-refractivity contribution in [3.63, 3.8) is 0 Å². The Morgan fingerprint density at radius 2 is 2.10 bits per heavy atom. The van der Waals surface area contributed by atoms with Crippen LogP contribution in [-0.2, 0) is 6.54 Å². The van der Waals surface area contributed by atoms with Gasteiger partial charge in [-0.2, -0.15) is 0 Å². The molecule has 4 heteroatoms. The number of rotatable bonds is 6. The zero-order valence-electron chi connectivity index (χ0n) is 12.1. The van der Waals surface area contributed by atoms with E-state index in [1.54, 1.807) is 6.07 Å². The number of hydrogen-bond acceptors (Lipinski definition) is 4. The summed E-state index contributed by atoms with van der Waals surface area (Å²) in [7, 11) is 0. The van der Waals surface area contributed by atoms with Crippen LogP contribution < -0.4 is 10.1 Å². The van der Waals surface area contributed by atoms with E-state index in [1.165, 1.54) is 0 Å². The molecule has 3 N–H and O–H groups in total. The van der Waals surface area contributed by atoms with Gasteiger partial charge in [-0.1, -0.05) is 25.8 Å². The molecular formula is C16H25NO3. The highest BCUT2D eigenvalue weighted by Crippen LogP contribution is 2.25. The van der Waals surface area contributed by atoms with Gasteiger partial charge in [-0.3, -0.25) is 0 Å². The summed E-state index contributed by atoms with van der Waals surface area (Å²) in [5.41, 5.74) is 0.839. The molecule has 1 fully saturated rings. The van der Waals surface area contributed by atoms with Crippen molar-refractivity contribution in [3.8, 4) is 11.5 Å². The van der Waals surface area contributed by atoms with Gasteiger partial charge in [-0.15, -0.1) is 0 Å². The van der Waals surface area contributed by atoms with E-state index in [2.05, 4.69) is 5.32 Å². The second-order valence-electron chi connectivity index (χ2n) is 5.48. The van der Waals surface area contributed by atoms with Crippen LogP contribution in [0.4, 0.5) is 0 Å². The number of benzene rings is 1. The van der Waals surface area contributed by atoms with Crippen LogP contribution in [0.5, 0.6) is 11.5 Å². The van der Waals surface area contributed by atoms with E-state index in [-0.39, 0.29) is 17.9 Å². The lowest BCUT2D eigenvalue weighted by molar-refractivity contribution is 0.0901. The van der Waals surface area contributed by atoms with Gasteiger partial charge in [-0.25, -0.2) is 0 Å². The summed E-state index contributed by atoms with van der Waals surface area (Å²) in [6, 6.07) is 5.55. The number of ether oxygens (including phenoxy) is 1. The Kier molecular flexibility index (Phi) is 5.68. The van der Waals surface area contributed by atoms with Gasteiger partial charge in [-0.05, 0) is 25.3 Å². The van der Waals surface area contributed by atoms with Crippen molar-refractivity contribution in [1.82, 2.24) is 5.32 Å². The SMILES string of the molecule is CCCOc1ccc(CNC2CCCCC2O)c(O)c1. The van der Waals surface area contributed by atoms with Gasteiger partial charge in [0.2, 0.25) is 0 Å². The predicted molar refractivity (Wildman–Crippen MR) is 79.0 cm³/mol. The van der Waals surface area contributed by atoms with Gasteiger partial charge < -0.3 is 20.3 Å². The quantitative estimate of drug-likeness (QED) is 0.749. The van der Waals surface area contributed by atoms with Crippen LogP contribution in [0.2, 0.25) is 0 Å². The van der Waals surface area contributed by atoms with E-state index in [1.807, 2.05) is 19.1 Å². The van der Waals surface area contributed by atoms with Gasteiger partial charge in [0.25, 0.3) is 0 Å². The third-order valence-corrected chi connectivity index (χ3v) is 3.81. The Balaban J connectivity index is 1.89. The van der Waals surface area contributed by atoms with Crippen molar-refractivity contribution in [2.24, 2.45) is 0 Å². The van der Waals surface area contributed by atoms with Crippen molar-refractivity contribution in [1.29, 1.82) is 0 Å². The maximum Gasteiger partial charge on any atom is 0.123 e. The van der Waals surface area contributed by atoms with Gasteiger partial charge in [0.1, 0.15) is 11.5 Å². The van der Waals surface area contributed by atoms with Crippen LogP contribution in [0.3, 0.4) is 0 Å². The summed E-state index contributed by atoms with van der Waals surface area (Å²) in [6.07, 6.45) is 4.81.